The minimum absolute atomic E-state index is 0.0605. The summed E-state index contributed by atoms with van der Waals surface area (Å²) in [5.41, 5.74) is 0.234. The first kappa shape index (κ1) is 23.9. The lowest BCUT2D eigenvalue weighted by molar-refractivity contribution is 0.0388. The number of pyridine rings is 1. The molecule has 3 aromatic rings. The Morgan fingerprint density at radius 1 is 1.26 bits per heavy atom. The summed E-state index contributed by atoms with van der Waals surface area (Å²) in [6.45, 7) is 9.50. The summed E-state index contributed by atoms with van der Waals surface area (Å²) < 4.78 is 47.4. The van der Waals surface area contributed by atoms with Crippen LogP contribution in [0.5, 0.6) is 0 Å². The van der Waals surface area contributed by atoms with Crippen LogP contribution in [-0.2, 0) is 11.3 Å². The van der Waals surface area contributed by atoms with Gasteiger partial charge in [0.15, 0.2) is 0 Å². The molecule has 180 valence electrons. The topological polar surface area (TPSA) is 72.3 Å². The van der Waals surface area contributed by atoms with Crippen molar-refractivity contribution in [1.29, 1.82) is 0 Å². The number of halogens is 3. The van der Waals surface area contributed by atoms with Gasteiger partial charge in [0.1, 0.15) is 17.5 Å². The molecule has 0 spiro atoms. The molecule has 0 bridgehead atoms. The Labute approximate surface area is 194 Å². The van der Waals surface area contributed by atoms with E-state index >= 15 is 0 Å². The molecule has 1 N–H and O–H groups in total. The SMILES string of the molecule is C=C(CCN1CCOCC1)n1cc2c(NCc3cccc(C(F)F)c3F)nc(C)nc2cc1=O. The largest absolute Gasteiger partial charge is 0.379 e. The smallest absolute Gasteiger partial charge is 0.266 e. The fraction of sp³-hybridized carbons (Fsp3) is 0.375. The summed E-state index contributed by atoms with van der Waals surface area (Å²) in [6, 6.07) is 5.30. The highest BCUT2D eigenvalue weighted by molar-refractivity contribution is 5.88. The van der Waals surface area contributed by atoms with Crippen LogP contribution in [0.15, 0.2) is 41.8 Å². The second-order valence-corrected chi connectivity index (χ2v) is 8.14. The zero-order chi connectivity index (χ0) is 24.2. The van der Waals surface area contributed by atoms with Crippen LogP contribution in [0.3, 0.4) is 0 Å². The van der Waals surface area contributed by atoms with Gasteiger partial charge in [-0.3, -0.25) is 14.3 Å². The van der Waals surface area contributed by atoms with Crippen molar-refractivity contribution in [2.75, 3.05) is 38.2 Å². The van der Waals surface area contributed by atoms with Crippen molar-refractivity contribution in [2.24, 2.45) is 0 Å². The van der Waals surface area contributed by atoms with Gasteiger partial charge < -0.3 is 10.1 Å². The van der Waals surface area contributed by atoms with Crippen molar-refractivity contribution >= 4 is 22.4 Å². The summed E-state index contributed by atoms with van der Waals surface area (Å²) in [4.78, 5) is 23.7. The highest BCUT2D eigenvalue weighted by atomic mass is 19.3. The fourth-order valence-electron chi connectivity index (χ4n) is 3.92. The maximum Gasteiger partial charge on any atom is 0.266 e. The van der Waals surface area contributed by atoms with Crippen LogP contribution in [0.2, 0.25) is 0 Å². The number of benzene rings is 1. The number of ether oxygens (including phenoxy) is 1. The standard InChI is InChI=1S/C24H26F3N5O2/c1-15(6-7-31-8-10-34-11-9-31)32-14-19-20(12-21(32)33)29-16(2)30-24(19)28-13-17-4-3-5-18(22(17)25)23(26)27/h3-5,12,14,23H,1,6-11,13H2,2H3,(H,28,29,30). The maximum absolute atomic E-state index is 14.5. The predicted molar refractivity (Wildman–Crippen MR) is 124 cm³/mol. The molecule has 0 aliphatic carbocycles. The quantitative estimate of drug-likeness (QED) is 0.534. The third-order valence-electron chi connectivity index (χ3n) is 5.79. The second kappa shape index (κ2) is 10.4. The highest BCUT2D eigenvalue weighted by Gasteiger charge is 2.17. The number of nitrogens with one attached hydrogen (secondary N) is 1. The number of aryl methyl sites for hydroxylation is 1. The Kier molecular flexibility index (Phi) is 7.28. The molecule has 1 fully saturated rings. The summed E-state index contributed by atoms with van der Waals surface area (Å²) in [6.07, 6.45) is -0.695. The van der Waals surface area contributed by atoms with E-state index in [4.69, 9.17) is 4.74 Å². The van der Waals surface area contributed by atoms with Crippen LogP contribution in [0.1, 0.15) is 29.8 Å². The van der Waals surface area contributed by atoms with Crippen molar-refractivity contribution in [3.63, 3.8) is 0 Å². The van der Waals surface area contributed by atoms with Gasteiger partial charge in [-0.1, -0.05) is 24.8 Å². The van der Waals surface area contributed by atoms with E-state index in [1.807, 2.05) is 0 Å². The predicted octanol–water partition coefficient (Wildman–Crippen LogP) is 3.98. The van der Waals surface area contributed by atoms with Crippen molar-refractivity contribution in [2.45, 2.75) is 26.3 Å². The van der Waals surface area contributed by atoms with E-state index in [0.29, 0.717) is 47.9 Å². The molecule has 1 saturated heterocycles. The zero-order valence-electron chi connectivity index (χ0n) is 18.9. The van der Waals surface area contributed by atoms with Crippen molar-refractivity contribution in [1.82, 2.24) is 19.4 Å². The van der Waals surface area contributed by atoms with Gasteiger partial charge in [0.25, 0.3) is 12.0 Å². The highest BCUT2D eigenvalue weighted by Crippen LogP contribution is 2.26. The van der Waals surface area contributed by atoms with Gasteiger partial charge in [-0.05, 0) is 6.92 Å². The number of fused-ring (bicyclic) bond motifs is 1. The van der Waals surface area contributed by atoms with E-state index in [9.17, 15) is 18.0 Å². The van der Waals surface area contributed by atoms with Crippen LogP contribution in [-0.4, -0.2) is 52.3 Å². The number of anilines is 1. The van der Waals surface area contributed by atoms with Crippen molar-refractivity contribution in [3.8, 4) is 0 Å². The molecule has 1 aliphatic rings. The normalized spacial score (nSPS) is 14.6. The molecule has 1 aliphatic heterocycles. The average Bonchev–Trinajstić information content (AvgIpc) is 2.81. The first-order valence-corrected chi connectivity index (χ1v) is 11.0. The molecule has 3 heterocycles. The first-order valence-electron chi connectivity index (χ1n) is 11.0. The number of aromatic nitrogens is 3. The van der Waals surface area contributed by atoms with Gasteiger partial charge in [0.2, 0.25) is 0 Å². The van der Waals surface area contributed by atoms with Crippen molar-refractivity contribution < 1.29 is 17.9 Å². The minimum Gasteiger partial charge on any atom is -0.379 e. The molecule has 0 radical (unpaired) electrons. The van der Waals surface area contributed by atoms with Gasteiger partial charge in [0, 0.05) is 56.1 Å². The van der Waals surface area contributed by atoms with E-state index in [1.165, 1.54) is 22.8 Å². The van der Waals surface area contributed by atoms with E-state index < -0.39 is 17.8 Å². The average molecular weight is 473 g/mol. The summed E-state index contributed by atoms with van der Waals surface area (Å²) in [7, 11) is 0. The van der Waals surface area contributed by atoms with E-state index in [0.717, 1.165) is 25.7 Å². The van der Waals surface area contributed by atoms with Gasteiger partial charge in [-0.15, -0.1) is 0 Å². The lowest BCUT2D eigenvalue weighted by atomic mass is 10.1. The number of hydrogen-bond acceptors (Lipinski definition) is 6. The van der Waals surface area contributed by atoms with Crippen LogP contribution >= 0.6 is 0 Å². The summed E-state index contributed by atoms with van der Waals surface area (Å²) in [5, 5.41) is 3.56. The molecule has 0 amide bonds. The first-order chi connectivity index (χ1) is 16.3. The third-order valence-corrected chi connectivity index (χ3v) is 5.79. The molecule has 4 rings (SSSR count). The van der Waals surface area contributed by atoms with Gasteiger partial charge >= 0.3 is 0 Å². The molecular formula is C24H26F3N5O2. The molecule has 0 atom stereocenters. The molecule has 10 heteroatoms. The summed E-state index contributed by atoms with van der Waals surface area (Å²) in [5.74, 6) is -0.160. The Balaban J connectivity index is 1.59. The number of alkyl halides is 2. The Morgan fingerprint density at radius 3 is 2.76 bits per heavy atom. The minimum atomic E-state index is -2.90. The number of rotatable bonds is 8. The van der Waals surface area contributed by atoms with E-state index in [-0.39, 0.29) is 17.7 Å². The monoisotopic (exact) mass is 473 g/mol. The number of hydrogen-bond donors (Lipinski definition) is 1. The molecular weight excluding hydrogens is 447 g/mol. The van der Waals surface area contributed by atoms with Crippen LogP contribution in [0.4, 0.5) is 19.0 Å². The van der Waals surface area contributed by atoms with Gasteiger partial charge in [0.05, 0.1) is 29.7 Å². The lowest BCUT2D eigenvalue weighted by Gasteiger charge is -2.26. The molecule has 1 aromatic carbocycles. The zero-order valence-corrected chi connectivity index (χ0v) is 18.9. The second-order valence-electron chi connectivity index (χ2n) is 8.14. The maximum atomic E-state index is 14.5. The molecule has 2 aromatic heterocycles. The Morgan fingerprint density at radius 2 is 2.03 bits per heavy atom. The fourth-order valence-corrected chi connectivity index (χ4v) is 3.92. The molecule has 34 heavy (non-hydrogen) atoms. The lowest BCUT2D eigenvalue weighted by Crippen LogP contribution is -2.37. The van der Waals surface area contributed by atoms with Crippen molar-refractivity contribution in [3.05, 3.63) is 70.2 Å². The van der Waals surface area contributed by atoms with Gasteiger partial charge in [-0.2, -0.15) is 0 Å². The molecule has 7 nitrogen and oxygen atoms in total. The molecule has 0 unspecified atom stereocenters. The van der Waals surface area contributed by atoms with Gasteiger partial charge in [-0.25, -0.2) is 23.1 Å². The third kappa shape index (κ3) is 5.28. The van der Waals surface area contributed by atoms with Crippen LogP contribution in [0.25, 0.3) is 16.6 Å². The molecule has 0 saturated carbocycles. The number of morpholine rings is 1. The Bertz CT molecular complexity index is 1260. The van der Waals surface area contributed by atoms with Crippen LogP contribution < -0.4 is 10.9 Å². The van der Waals surface area contributed by atoms with Crippen LogP contribution in [0, 0.1) is 12.7 Å². The van der Waals surface area contributed by atoms with E-state index in [2.05, 4.69) is 26.8 Å². The summed E-state index contributed by atoms with van der Waals surface area (Å²) >= 11 is 0. The Hall–Kier alpha value is -3.24. The van der Waals surface area contributed by atoms with E-state index in [1.54, 1.807) is 13.1 Å². The number of nitrogens with zero attached hydrogens (tertiary/aromatic N) is 4.